The molecule has 1 aromatic heterocycles. The van der Waals surface area contributed by atoms with E-state index < -0.39 is 9.85 Å². The molecule has 0 aliphatic rings. The van der Waals surface area contributed by atoms with Gasteiger partial charge in [-0.05, 0) is 24.6 Å². The van der Waals surface area contributed by atoms with E-state index in [4.69, 9.17) is 4.42 Å². The molecule has 0 aliphatic carbocycles. The first-order valence-electron chi connectivity index (χ1n) is 6.41. The zero-order chi connectivity index (χ0) is 16.1. The quantitative estimate of drug-likeness (QED) is 0.441. The number of non-ortho nitro benzene ring substituents is 1. The monoisotopic (exact) mass is 304 g/mol. The van der Waals surface area contributed by atoms with Crippen LogP contribution in [0.5, 0.6) is 0 Å². The molecule has 0 bridgehead atoms. The molecule has 1 aromatic carbocycles. The predicted molar refractivity (Wildman–Crippen MR) is 75.6 cm³/mol. The number of aldehydes is 1. The number of nitro benzene ring substituents is 2. The Morgan fingerprint density at radius 1 is 1.18 bits per heavy atom. The molecule has 114 valence electrons. The molecule has 22 heavy (non-hydrogen) atoms. The molecule has 0 fully saturated rings. The summed E-state index contributed by atoms with van der Waals surface area (Å²) in [7, 11) is 0. The first-order chi connectivity index (χ1) is 10.5. The minimum atomic E-state index is -0.688. The zero-order valence-corrected chi connectivity index (χ0v) is 11.4. The number of carbonyl (C=O) groups is 1. The van der Waals surface area contributed by atoms with Crippen molar-refractivity contribution in [1.82, 2.24) is 0 Å². The van der Waals surface area contributed by atoms with Gasteiger partial charge in [0.15, 0.2) is 0 Å². The molecule has 1 heterocycles. The van der Waals surface area contributed by atoms with Crippen LogP contribution in [0.1, 0.15) is 23.7 Å². The van der Waals surface area contributed by atoms with Crippen molar-refractivity contribution in [3.05, 3.63) is 68.1 Å². The summed E-state index contributed by atoms with van der Waals surface area (Å²) >= 11 is 0. The van der Waals surface area contributed by atoms with Crippen molar-refractivity contribution in [2.45, 2.75) is 18.8 Å². The number of rotatable bonds is 7. The first kappa shape index (κ1) is 15.4. The standard InChI is InChI=1S/C14H12N2O6/c17-6-5-11(14-2-1-7-22-14)8-10-3-4-12(15(18)19)9-13(10)16(20)21/h1-4,6-7,9,11H,5,8H2/t11-/m1/s1. The average molecular weight is 304 g/mol. The Labute approximate surface area is 124 Å². The van der Waals surface area contributed by atoms with Crippen molar-refractivity contribution in [1.29, 1.82) is 0 Å². The summed E-state index contributed by atoms with van der Waals surface area (Å²) in [5, 5.41) is 21.8. The van der Waals surface area contributed by atoms with Crippen LogP contribution in [0.2, 0.25) is 0 Å². The summed E-state index contributed by atoms with van der Waals surface area (Å²) in [6, 6.07) is 6.83. The largest absolute Gasteiger partial charge is 0.469 e. The van der Waals surface area contributed by atoms with E-state index in [0.29, 0.717) is 17.6 Å². The highest BCUT2D eigenvalue weighted by Crippen LogP contribution is 2.31. The van der Waals surface area contributed by atoms with Crippen molar-refractivity contribution >= 4 is 17.7 Å². The SMILES string of the molecule is O=CC[C@H](Cc1ccc([N+](=O)[O-])cc1[N+](=O)[O-])c1ccco1. The van der Waals surface area contributed by atoms with E-state index in [1.54, 1.807) is 12.1 Å². The normalized spacial score (nSPS) is 11.8. The smallest absolute Gasteiger partial charge is 0.279 e. The molecule has 0 unspecified atom stereocenters. The summed E-state index contributed by atoms with van der Waals surface area (Å²) in [6.07, 6.45) is 2.49. The maximum Gasteiger partial charge on any atom is 0.279 e. The Morgan fingerprint density at radius 3 is 2.50 bits per heavy atom. The fourth-order valence-electron chi connectivity index (χ4n) is 2.21. The van der Waals surface area contributed by atoms with Crippen molar-refractivity contribution in [2.75, 3.05) is 0 Å². The highest BCUT2D eigenvalue weighted by atomic mass is 16.6. The highest BCUT2D eigenvalue weighted by Gasteiger charge is 2.23. The fraction of sp³-hybridized carbons (Fsp3) is 0.214. The molecular formula is C14H12N2O6. The Balaban J connectivity index is 2.36. The van der Waals surface area contributed by atoms with Crippen LogP contribution in [0.15, 0.2) is 41.0 Å². The first-order valence-corrected chi connectivity index (χ1v) is 6.41. The van der Waals surface area contributed by atoms with E-state index in [9.17, 15) is 25.0 Å². The van der Waals surface area contributed by atoms with Crippen LogP contribution in [0, 0.1) is 20.2 Å². The van der Waals surface area contributed by atoms with E-state index in [1.807, 2.05) is 0 Å². The molecule has 2 rings (SSSR count). The van der Waals surface area contributed by atoms with Gasteiger partial charge in [-0.3, -0.25) is 20.2 Å². The molecule has 0 saturated carbocycles. The Bertz CT molecular complexity index is 695. The zero-order valence-electron chi connectivity index (χ0n) is 11.4. The number of carbonyl (C=O) groups excluding carboxylic acids is 1. The van der Waals surface area contributed by atoms with Gasteiger partial charge in [-0.2, -0.15) is 0 Å². The van der Waals surface area contributed by atoms with Crippen LogP contribution in [-0.4, -0.2) is 16.1 Å². The van der Waals surface area contributed by atoms with E-state index in [2.05, 4.69) is 0 Å². The molecular weight excluding hydrogens is 292 g/mol. The third-order valence-electron chi connectivity index (χ3n) is 3.27. The number of nitrogens with zero attached hydrogens (tertiary/aromatic N) is 2. The molecule has 0 aliphatic heterocycles. The topological polar surface area (TPSA) is 116 Å². The van der Waals surface area contributed by atoms with Gasteiger partial charge < -0.3 is 9.21 Å². The third-order valence-corrected chi connectivity index (χ3v) is 3.27. The lowest BCUT2D eigenvalue weighted by Gasteiger charge is -2.11. The average Bonchev–Trinajstić information content (AvgIpc) is 3.00. The molecule has 0 spiro atoms. The van der Waals surface area contributed by atoms with Gasteiger partial charge in [0, 0.05) is 24.0 Å². The highest BCUT2D eigenvalue weighted by molar-refractivity contribution is 5.53. The molecule has 2 aromatic rings. The lowest BCUT2D eigenvalue weighted by Crippen LogP contribution is -2.06. The molecule has 0 amide bonds. The number of benzene rings is 1. The van der Waals surface area contributed by atoms with E-state index in [1.165, 1.54) is 18.4 Å². The maximum atomic E-state index is 11.1. The van der Waals surface area contributed by atoms with Gasteiger partial charge in [0.05, 0.1) is 22.2 Å². The van der Waals surface area contributed by atoms with Crippen molar-refractivity contribution in [3.8, 4) is 0 Å². The lowest BCUT2D eigenvalue weighted by molar-refractivity contribution is -0.394. The Morgan fingerprint density at radius 2 is 1.95 bits per heavy atom. The van der Waals surface area contributed by atoms with Crippen molar-refractivity contribution in [3.63, 3.8) is 0 Å². The van der Waals surface area contributed by atoms with Crippen LogP contribution < -0.4 is 0 Å². The number of nitro groups is 2. The van der Waals surface area contributed by atoms with Gasteiger partial charge in [-0.1, -0.05) is 0 Å². The van der Waals surface area contributed by atoms with Crippen LogP contribution in [0.3, 0.4) is 0 Å². The minimum absolute atomic E-state index is 0.141. The molecule has 0 radical (unpaired) electrons. The molecule has 0 saturated heterocycles. The molecule has 0 N–H and O–H groups in total. The van der Waals surface area contributed by atoms with Crippen molar-refractivity contribution < 1.29 is 19.1 Å². The summed E-state index contributed by atoms with van der Waals surface area (Å²) in [6.45, 7) is 0. The van der Waals surface area contributed by atoms with Gasteiger partial charge in [0.1, 0.15) is 12.0 Å². The van der Waals surface area contributed by atoms with Crippen LogP contribution in [0.25, 0.3) is 0 Å². The summed E-state index contributed by atoms with van der Waals surface area (Å²) < 4.78 is 5.25. The summed E-state index contributed by atoms with van der Waals surface area (Å²) in [5.41, 5.74) is -0.365. The predicted octanol–water partition coefficient (Wildman–Crippen LogP) is 3.01. The number of hydrogen-bond donors (Lipinski definition) is 0. The van der Waals surface area contributed by atoms with Crippen LogP contribution in [-0.2, 0) is 11.2 Å². The molecule has 1 atom stereocenters. The second-order valence-electron chi connectivity index (χ2n) is 4.65. The van der Waals surface area contributed by atoms with Gasteiger partial charge in [-0.25, -0.2) is 0 Å². The molecule has 8 heteroatoms. The minimum Gasteiger partial charge on any atom is -0.469 e. The summed E-state index contributed by atoms with van der Waals surface area (Å²) in [4.78, 5) is 31.3. The van der Waals surface area contributed by atoms with Gasteiger partial charge in [0.2, 0.25) is 0 Å². The van der Waals surface area contributed by atoms with E-state index in [-0.39, 0.29) is 30.1 Å². The van der Waals surface area contributed by atoms with Gasteiger partial charge in [-0.15, -0.1) is 0 Å². The Hall–Kier alpha value is -3.03. The van der Waals surface area contributed by atoms with Gasteiger partial charge in [0.25, 0.3) is 11.4 Å². The maximum absolute atomic E-state index is 11.1. The van der Waals surface area contributed by atoms with Crippen LogP contribution >= 0.6 is 0 Å². The van der Waals surface area contributed by atoms with Crippen molar-refractivity contribution in [2.24, 2.45) is 0 Å². The lowest BCUT2D eigenvalue weighted by atomic mass is 9.93. The number of hydrogen-bond acceptors (Lipinski definition) is 6. The second kappa shape index (κ2) is 6.61. The fourth-order valence-corrected chi connectivity index (χ4v) is 2.21. The Kier molecular flexibility index (Phi) is 4.62. The van der Waals surface area contributed by atoms with Crippen LogP contribution in [0.4, 0.5) is 11.4 Å². The van der Waals surface area contributed by atoms with Gasteiger partial charge >= 0.3 is 0 Å². The van der Waals surface area contributed by atoms with E-state index >= 15 is 0 Å². The number of furan rings is 1. The third kappa shape index (κ3) is 3.35. The van der Waals surface area contributed by atoms with E-state index in [0.717, 1.165) is 6.07 Å². The second-order valence-corrected chi connectivity index (χ2v) is 4.65. The molecule has 8 nitrogen and oxygen atoms in total. The summed E-state index contributed by atoms with van der Waals surface area (Å²) in [5.74, 6) is 0.187.